The van der Waals surface area contributed by atoms with Crippen LogP contribution in [0.5, 0.6) is 0 Å². The van der Waals surface area contributed by atoms with Crippen LogP contribution in [0.1, 0.15) is 12.8 Å². The molecule has 0 atom stereocenters. The summed E-state index contributed by atoms with van der Waals surface area (Å²) in [7, 11) is 0. The quantitative estimate of drug-likeness (QED) is 0.896. The van der Waals surface area contributed by atoms with Crippen LogP contribution in [-0.2, 0) is 4.79 Å². The Labute approximate surface area is 102 Å². The third-order valence-corrected chi connectivity index (χ3v) is 2.62. The number of carbonyl (C=O) groups is 1. The molecule has 3 N–H and O–H groups in total. The minimum atomic E-state index is -0.0651. The van der Waals surface area contributed by atoms with Crippen molar-refractivity contribution in [3.63, 3.8) is 0 Å². The van der Waals surface area contributed by atoms with Gasteiger partial charge in [-0.25, -0.2) is 0 Å². The highest BCUT2D eigenvalue weighted by atomic mass is 79.9. The second-order valence-electron chi connectivity index (χ2n) is 3.06. The summed E-state index contributed by atoms with van der Waals surface area (Å²) >= 11 is 9.23. The first-order chi connectivity index (χ1) is 7.13. The van der Waals surface area contributed by atoms with E-state index in [-0.39, 0.29) is 5.91 Å². The first kappa shape index (κ1) is 12.5. The summed E-state index contributed by atoms with van der Waals surface area (Å²) < 4.78 is 0.882. The zero-order valence-electron chi connectivity index (χ0n) is 8.09. The topological polar surface area (TPSA) is 55.1 Å². The lowest BCUT2D eigenvalue weighted by molar-refractivity contribution is -0.116. The summed E-state index contributed by atoms with van der Waals surface area (Å²) in [5.74, 6) is -0.0651. The molecule has 0 aliphatic carbocycles. The molecule has 5 heteroatoms. The summed E-state index contributed by atoms with van der Waals surface area (Å²) in [6.45, 7) is 0.515. The van der Waals surface area contributed by atoms with Gasteiger partial charge in [0.15, 0.2) is 0 Å². The lowest BCUT2D eigenvalue weighted by Gasteiger charge is -2.06. The predicted molar refractivity (Wildman–Crippen MR) is 66.1 cm³/mol. The molecule has 82 valence electrons. The van der Waals surface area contributed by atoms with Crippen molar-refractivity contribution in [3.05, 3.63) is 27.7 Å². The number of carbonyl (C=O) groups excluding carboxylic acids is 1. The maximum atomic E-state index is 11.4. The molecule has 0 aliphatic heterocycles. The van der Waals surface area contributed by atoms with Crippen LogP contribution in [0.4, 0.5) is 5.69 Å². The molecule has 0 unspecified atom stereocenters. The van der Waals surface area contributed by atoms with Crippen LogP contribution in [0.25, 0.3) is 0 Å². The first-order valence-corrected chi connectivity index (χ1v) is 5.75. The zero-order valence-corrected chi connectivity index (χ0v) is 10.4. The number of benzene rings is 1. The van der Waals surface area contributed by atoms with Gasteiger partial charge in [0, 0.05) is 10.9 Å². The van der Waals surface area contributed by atoms with E-state index in [2.05, 4.69) is 21.2 Å². The van der Waals surface area contributed by atoms with E-state index in [4.69, 9.17) is 17.3 Å². The van der Waals surface area contributed by atoms with Gasteiger partial charge in [-0.2, -0.15) is 0 Å². The third-order valence-electron chi connectivity index (χ3n) is 1.81. The van der Waals surface area contributed by atoms with Crippen molar-refractivity contribution in [2.24, 2.45) is 5.73 Å². The molecule has 1 rings (SSSR count). The molecule has 0 saturated heterocycles. The molecule has 0 fully saturated rings. The predicted octanol–water partition coefficient (Wildman–Crippen LogP) is 2.78. The van der Waals surface area contributed by atoms with Crippen LogP contribution < -0.4 is 11.1 Å². The highest BCUT2D eigenvalue weighted by Gasteiger charge is 2.05. The Morgan fingerprint density at radius 3 is 2.87 bits per heavy atom. The summed E-state index contributed by atoms with van der Waals surface area (Å²) in [6, 6.07) is 5.32. The van der Waals surface area contributed by atoms with Gasteiger partial charge >= 0.3 is 0 Å². The van der Waals surface area contributed by atoms with Crippen molar-refractivity contribution in [2.75, 3.05) is 11.9 Å². The number of amides is 1. The molecule has 0 spiro atoms. The van der Waals surface area contributed by atoms with Gasteiger partial charge in [0.25, 0.3) is 0 Å². The van der Waals surface area contributed by atoms with Crippen molar-refractivity contribution >= 4 is 39.1 Å². The second kappa shape index (κ2) is 6.10. The molecular weight excluding hydrogens is 279 g/mol. The van der Waals surface area contributed by atoms with E-state index in [1.165, 1.54) is 0 Å². The molecule has 0 heterocycles. The maximum Gasteiger partial charge on any atom is 0.224 e. The Kier molecular flexibility index (Phi) is 5.08. The van der Waals surface area contributed by atoms with Crippen LogP contribution in [0, 0.1) is 0 Å². The van der Waals surface area contributed by atoms with E-state index in [0.717, 1.165) is 4.47 Å². The highest BCUT2D eigenvalue weighted by molar-refractivity contribution is 9.10. The maximum absolute atomic E-state index is 11.4. The number of rotatable bonds is 4. The van der Waals surface area contributed by atoms with Gasteiger partial charge in [-0.1, -0.05) is 27.5 Å². The molecule has 0 radical (unpaired) electrons. The molecule has 0 aliphatic rings. The van der Waals surface area contributed by atoms with Crippen LogP contribution in [0.2, 0.25) is 5.02 Å². The Hall–Kier alpha value is -0.580. The molecule has 0 bridgehead atoms. The third kappa shape index (κ3) is 4.20. The highest BCUT2D eigenvalue weighted by Crippen LogP contribution is 2.25. The van der Waals surface area contributed by atoms with E-state index < -0.39 is 0 Å². The lowest BCUT2D eigenvalue weighted by atomic mass is 10.2. The van der Waals surface area contributed by atoms with E-state index in [1.807, 2.05) is 6.07 Å². The fourth-order valence-electron chi connectivity index (χ4n) is 1.07. The number of nitrogens with two attached hydrogens (primary N) is 1. The Morgan fingerprint density at radius 1 is 1.53 bits per heavy atom. The van der Waals surface area contributed by atoms with E-state index in [9.17, 15) is 4.79 Å². The monoisotopic (exact) mass is 290 g/mol. The smallest absolute Gasteiger partial charge is 0.224 e. The normalized spacial score (nSPS) is 10.1. The lowest BCUT2D eigenvalue weighted by Crippen LogP contribution is -2.13. The molecule has 1 amide bonds. The first-order valence-electron chi connectivity index (χ1n) is 4.58. The molecule has 0 saturated carbocycles. The zero-order chi connectivity index (χ0) is 11.3. The minimum absolute atomic E-state index is 0.0651. The Balaban J connectivity index is 2.60. The average molecular weight is 292 g/mol. The van der Waals surface area contributed by atoms with E-state index in [0.29, 0.717) is 30.1 Å². The van der Waals surface area contributed by atoms with E-state index >= 15 is 0 Å². The van der Waals surface area contributed by atoms with Crippen LogP contribution in [0.15, 0.2) is 22.7 Å². The standard InChI is InChI=1S/C10H12BrClN2O/c11-7-3-4-9(8(12)6-7)14-10(15)2-1-5-13/h3-4,6H,1-2,5,13H2,(H,14,15). The molecule has 15 heavy (non-hydrogen) atoms. The molecule has 3 nitrogen and oxygen atoms in total. The molecule has 1 aromatic rings. The SMILES string of the molecule is NCCCC(=O)Nc1ccc(Br)cc1Cl. The van der Waals surface area contributed by atoms with E-state index in [1.54, 1.807) is 12.1 Å². The van der Waals surface area contributed by atoms with Gasteiger partial charge in [0.2, 0.25) is 5.91 Å². The molecule has 1 aromatic carbocycles. The summed E-state index contributed by atoms with van der Waals surface area (Å²) in [5, 5.41) is 3.24. The van der Waals surface area contributed by atoms with Crippen LogP contribution in [0.3, 0.4) is 0 Å². The van der Waals surface area contributed by atoms with Crippen LogP contribution in [-0.4, -0.2) is 12.5 Å². The largest absolute Gasteiger partial charge is 0.330 e. The van der Waals surface area contributed by atoms with Gasteiger partial charge < -0.3 is 11.1 Å². The van der Waals surface area contributed by atoms with Crippen LogP contribution >= 0.6 is 27.5 Å². The van der Waals surface area contributed by atoms with Gasteiger partial charge in [-0.15, -0.1) is 0 Å². The number of hydrogen-bond acceptors (Lipinski definition) is 2. The van der Waals surface area contributed by atoms with Gasteiger partial charge in [-0.05, 0) is 31.2 Å². The number of nitrogens with one attached hydrogen (secondary N) is 1. The summed E-state index contributed by atoms with van der Waals surface area (Å²) in [4.78, 5) is 11.4. The summed E-state index contributed by atoms with van der Waals surface area (Å²) in [6.07, 6.45) is 1.10. The summed E-state index contributed by atoms with van der Waals surface area (Å²) in [5.41, 5.74) is 5.93. The number of halogens is 2. The molecule has 0 aromatic heterocycles. The van der Waals surface area contributed by atoms with Crippen molar-refractivity contribution in [3.8, 4) is 0 Å². The van der Waals surface area contributed by atoms with Gasteiger partial charge in [0.1, 0.15) is 0 Å². The Bertz CT molecular complexity index is 357. The van der Waals surface area contributed by atoms with Crippen molar-refractivity contribution in [2.45, 2.75) is 12.8 Å². The van der Waals surface area contributed by atoms with Crippen molar-refractivity contribution in [1.82, 2.24) is 0 Å². The van der Waals surface area contributed by atoms with Crippen molar-refractivity contribution in [1.29, 1.82) is 0 Å². The molecular formula is C10H12BrClN2O. The fraction of sp³-hybridized carbons (Fsp3) is 0.300. The number of hydrogen-bond donors (Lipinski definition) is 2. The fourth-order valence-corrected chi connectivity index (χ4v) is 1.79. The van der Waals surface area contributed by atoms with Gasteiger partial charge in [-0.3, -0.25) is 4.79 Å². The Morgan fingerprint density at radius 2 is 2.27 bits per heavy atom. The van der Waals surface area contributed by atoms with Gasteiger partial charge in [0.05, 0.1) is 10.7 Å². The minimum Gasteiger partial charge on any atom is -0.330 e. The number of anilines is 1. The van der Waals surface area contributed by atoms with Crippen molar-refractivity contribution < 1.29 is 4.79 Å². The average Bonchev–Trinajstić information content (AvgIpc) is 2.19. The second-order valence-corrected chi connectivity index (χ2v) is 4.39.